The number of rotatable bonds is 7. The summed E-state index contributed by atoms with van der Waals surface area (Å²) in [6, 6.07) is 13.1. The SMILES string of the molecule is O=C1CN(S(=O)(=O)c2cccc(C(=O)NCCOc3cccc(Br)c3)c2)CCN1. The second-order valence-electron chi connectivity index (χ2n) is 6.28. The van der Waals surface area contributed by atoms with Gasteiger partial charge < -0.3 is 15.4 Å². The van der Waals surface area contributed by atoms with Crippen LogP contribution in [0.1, 0.15) is 10.4 Å². The van der Waals surface area contributed by atoms with E-state index in [1.165, 1.54) is 24.3 Å². The summed E-state index contributed by atoms with van der Waals surface area (Å²) in [6.45, 7) is 0.747. The molecule has 2 N–H and O–H groups in total. The van der Waals surface area contributed by atoms with Gasteiger partial charge in [-0.3, -0.25) is 9.59 Å². The number of benzene rings is 2. The van der Waals surface area contributed by atoms with Crippen molar-refractivity contribution in [3.8, 4) is 5.75 Å². The van der Waals surface area contributed by atoms with Crippen LogP contribution in [0.3, 0.4) is 0 Å². The van der Waals surface area contributed by atoms with Gasteiger partial charge in [0.25, 0.3) is 5.91 Å². The third kappa shape index (κ3) is 5.55. The summed E-state index contributed by atoms with van der Waals surface area (Å²) in [5, 5.41) is 5.29. The largest absolute Gasteiger partial charge is 0.492 e. The van der Waals surface area contributed by atoms with Crippen molar-refractivity contribution in [2.75, 3.05) is 32.8 Å². The summed E-state index contributed by atoms with van der Waals surface area (Å²) >= 11 is 3.36. The molecule has 3 rings (SSSR count). The predicted octanol–water partition coefficient (Wildman–Crippen LogP) is 1.38. The average Bonchev–Trinajstić information content (AvgIpc) is 2.71. The Morgan fingerprint density at radius 2 is 2.00 bits per heavy atom. The molecular weight excluding hydrogens is 462 g/mol. The van der Waals surface area contributed by atoms with E-state index in [0.717, 1.165) is 8.78 Å². The molecule has 1 aliphatic rings. The van der Waals surface area contributed by atoms with Crippen LogP contribution in [0.15, 0.2) is 57.9 Å². The van der Waals surface area contributed by atoms with E-state index in [9.17, 15) is 18.0 Å². The van der Waals surface area contributed by atoms with Crippen molar-refractivity contribution in [2.24, 2.45) is 0 Å². The molecule has 0 spiro atoms. The number of nitrogens with zero attached hydrogens (tertiary/aromatic N) is 1. The molecule has 2 aromatic rings. The Morgan fingerprint density at radius 1 is 1.21 bits per heavy atom. The summed E-state index contributed by atoms with van der Waals surface area (Å²) in [4.78, 5) is 23.8. The van der Waals surface area contributed by atoms with Gasteiger partial charge in [-0.2, -0.15) is 4.31 Å². The van der Waals surface area contributed by atoms with Gasteiger partial charge in [0, 0.05) is 23.1 Å². The van der Waals surface area contributed by atoms with Crippen molar-refractivity contribution in [1.29, 1.82) is 0 Å². The second kappa shape index (κ2) is 9.38. The normalized spacial score (nSPS) is 14.9. The molecule has 2 amide bonds. The Labute approximate surface area is 177 Å². The Morgan fingerprint density at radius 3 is 2.76 bits per heavy atom. The van der Waals surface area contributed by atoms with Crippen LogP contribution in [-0.4, -0.2) is 57.3 Å². The lowest BCUT2D eigenvalue weighted by Gasteiger charge is -2.26. The summed E-state index contributed by atoms with van der Waals surface area (Å²) in [6.07, 6.45) is 0. The molecule has 1 saturated heterocycles. The molecule has 0 atom stereocenters. The summed E-state index contributed by atoms with van der Waals surface area (Å²) < 4.78 is 33.0. The quantitative estimate of drug-likeness (QED) is 0.581. The molecule has 0 bridgehead atoms. The summed E-state index contributed by atoms with van der Waals surface area (Å²) in [5.74, 6) is -0.0808. The van der Waals surface area contributed by atoms with Crippen molar-refractivity contribution in [3.63, 3.8) is 0 Å². The average molecular weight is 482 g/mol. The fraction of sp³-hybridized carbons (Fsp3) is 0.263. The van der Waals surface area contributed by atoms with Gasteiger partial charge in [0.15, 0.2) is 0 Å². The van der Waals surface area contributed by atoms with Crippen molar-refractivity contribution in [3.05, 3.63) is 58.6 Å². The zero-order valence-electron chi connectivity index (χ0n) is 15.4. The molecule has 0 aromatic heterocycles. The van der Waals surface area contributed by atoms with E-state index in [2.05, 4.69) is 26.6 Å². The third-order valence-electron chi connectivity index (χ3n) is 4.19. The minimum absolute atomic E-state index is 0.0229. The monoisotopic (exact) mass is 481 g/mol. The van der Waals surface area contributed by atoms with E-state index < -0.39 is 15.9 Å². The summed E-state index contributed by atoms with van der Waals surface area (Å²) in [5.41, 5.74) is 0.218. The lowest BCUT2D eigenvalue weighted by molar-refractivity contribution is -0.122. The number of carbonyl (C=O) groups is 2. The van der Waals surface area contributed by atoms with Gasteiger partial charge in [-0.05, 0) is 36.4 Å². The highest BCUT2D eigenvalue weighted by Gasteiger charge is 2.29. The molecule has 1 fully saturated rings. The number of hydrogen-bond donors (Lipinski definition) is 2. The molecule has 1 aliphatic heterocycles. The van der Waals surface area contributed by atoms with Gasteiger partial charge in [-0.15, -0.1) is 0 Å². The van der Waals surface area contributed by atoms with Gasteiger partial charge in [0.2, 0.25) is 15.9 Å². The zero-order chi connectivity index (χ0) is 20.9. The summed E-state index contributed by atoms with van der Waals surface area (Å²) in [7, 11) is -3.85. The van der Waals surface area contributed by atoms with E-state index in [0.29, 0.717) is 5.75 Å². The van der Waals surface area contributed by atoms with Gasteiger partial charge >= 0.3 is 0 Å². The maximum absolute atomic E-state index is 12.7. The van der Waals surface area contributed by atoms with Crippen LogP contribution in [0.5, 0.6) is 5.75 Å². The molecule has 154 valence electrons. The first-order valence-corrected chi connectivity index (χ1v) is 11.1. The standard InChI is InChI=1S/C19H20BrN3O5S/c20-15-4-2-5-16(12-15)28-10-8-22-19(25)14-3-1-6-17(11-14)29(26,27)23-9-7-21-18(24)13-23/h1-6,11-12H,7-10,13H2,(H,21,24)(H,22,25). The molecule has 29 heavy (non-hydrogen) atoms. The first kappa shape index (κ1) is 21.3. The zero-order valence-corrected chi connectivity index (χ0v) is 17.8. The molecule has 1 heterocycles. The lowest BCUT2D eigenvalue weighted by Crippen LogP contribution is -2.49. The van der Waals surface area contributed by atoms with E-state index in [1.807, 2.05) is 24.3 Å². The molecule has 8 nitrogen and oxygen atoms in total. The molecule has 0 radical (unpaired) electrons. The third-order valence-corrected chi connectivity index (χ3v) is 6.52. The number of carbonyl (C=O) groups excluding carboxylic acids is 2. The number of nitrogens with one attached hydrogen (secondary N) is 2. The number of piperazine rings is 1. The lowest BCUT2D eigenvalue weighted by atomic mass is 10.2. The molecule has 2 aromatic carbocycles. The van der Waals surface area contributed by atoms with E-state index in [1.54, 1.807) is 0 Å². The van der Waals surface area contributed by atoms with Crippen LogP contribution in [-0.2, 0) is 14.8 Å². The maximum Gasteiger partial charge on any atom is 0.251 e. The van der Waals surface area contributed by atoms with E-state index in [4.69, 9.17) is 4.74 Å². The van der Waals surface area contributed by atoms with Crippen LogP contribution in [0.25, 0.3) is 0 Å². The highest BCUT2D eigenvalue weighted by Crippen LogP contribution is 2.19. The smallest absolute Gasteiger partial charge is 0.251 e. The number of ether oxygens (including phenoxy) is 1. The van der Waals surface area contributed by atoms with Gasteiger partial charge in [-0.1, -0.05) is 28.1 Å². The van der Waals surface area contributed by atoms with E-state index >= 15 is 0 Å². The van der Waals surface area contributed by atoms with Gasteiger partial charge in [-0.25, -0.2) is 8.42 Å². The first-order valence-electron chi connectivity index (χ1n) is 8.90. The number of sulfonamides is 1. The Kier molecular flexibility index (Phi) is 6.88. The van der Waals surface area contributed by atoms with Crippen LogP contribution in [0, 0.1) is 0 Å². The number of halogens is 1. The van der Waals surface area contributed by atoms with Crippen molar-refractivity contribution < 1.29 is 22.7 Å². The fourth-order valence-corrected chi connectivity index (χ4v) is 4.58. The fourth-order valence-electron chi connectivity index (χ4n) is 2.76. The second-order valence-corrected chi connectivity index (χ2v) is 9.13. The highest BCUT2D eigenvalue weighted by atomic mass is 79.9. The molecule has 0 saturated carbocycles. The predicted molar refractivity (Wildman–Crippen MR) is 110 cm³/mol. The Bertz CT molecular complexity index is 1010. The molecule has 0 aliphatic carbocycles. The van der Waals surface area contributed by atoms with E-state index in [-0.39, 0.29) is 49.2 Å². The molecular formula is C19H20BrN3O5S. The minimum atomic E-state index is -3.85. The van der Waals surface area contributed by atoms with Crippen LogP contribution >= 0.6 is 15.9 Å². The Balaban J connectivity index is 1.59. The van der Waals surface area contributed by atoms with Crippen molar-refractivity contribution in [2.45, 2.75) is 4.90 Å². The van der Waals surface area contributed by atoms with Gasteiger partial charge in [0.05, 0.1) is 18.0 Å². The highest BCUT2D eigenvalue weighted by molar-refractivity contribution is 9.10. The van der Waals surface area contributed by atoms with Gasteiger partial charge in [0.1, 0.15) is 12.4 Å². The minimum Gasteiger partial charge on any atom is -0.492 e. The van der Waals surface area contributed by atoms with Crippen LogP contribution < -0.4 is 15.4 Å². The van der Waals surface area contributed by atoms with Crippen LogP contribution in [0.4, 0.5) is 0 Å². The molecule has 0 unspecified atom stereocenters. The van der Waals surface area contributed by atoms with Crippen LogP contribution in [0.2, 0.25) is 0 Å². The maximum atomic E-state index is 12.7. The number of hydrogen-bond acceptors (Lipinski definition) is 5. The van der Waals surface area contributed by atoms with Crippen molar-refractivity contribution in [1.82, 2.24) is 14.9 Å². The molecule has 10 heteroatoms. The van der Waals surface area contributed by atoms with Crippen molar-refractivity contribution >= 4 is 37.8 Å². The first-order chi connectivity index (χ1) is 13.9. The Hall–Kier alpha value is -2.43. The number of amides is 2. The topological polar surface area (TPSA) is 105 Å².